The summed E-state index contributed by atoms with van der Waals surface area (Å²) in [7, 11) is 1.94. The third kappa shape index (κ3) is 3.29. The van der Waals surface area contributed by atoms with Crippen LogP contribution in [0.4, 0.5) is 4.39 Å². The highest BCUT2D eigenvalue weighted by Gasteiger charge is 2.34. The number of nitrogens with one attached hydrogen (secondary N) is 1. The molecule has 2 aliphatic rings. The molecule has 0 aromatic heterocycles. The number of benzene rings is 1. The van der Waals surface area contributed by atoms with Gasteiger partial charge in [-0.2, -0.15) is 0 Å². The van der Waals surface area contributed by atoms with E-state index in [-0.39, 0.29) is 11.9 Å². The molecule has 116 valence electrons. The van der Waals surface area contributed by atoms with E-state index in [1.165, 1.54) is 45.1 Å². The van der Waals surface area contributed by atoms with E-state index in [4.69, 9.17) is 0 Å². The number of hydrogen-bond acceptors (Lipinski definition) is 2. The number of likely N-dealkylation sites (tertiary alicyclic amines) is 1. The summed E-state index contributed by atoms with van der Waals surface area (Å²) in [6.07, 6.45) is 8.22. The van der Waals surface area contributed by atoms with Crippen molar-refractivity contribution in [3.63, 3.8) is 0 Å². The van der Waals surface area contributed by atoms with E-state index in [0.717, 1.165) is 24.1 Å². The smallest absolute Gasteiger partial charge is 0.128 e. The van der Waals surface area contributed by atoms with Crippen molar-refractivity contribution in [1.29, 1.82) is 0 Å². The van der Waals surface area contributed by atoms with E-state index in [1.54, 1.807) is 12.1 Å². The minimum Gasteiger partial charge on any atom is -0.312 e. The number of hydrogen-bond donors (Lipinski definition) is 1. The van der Waals surface area contributed by atoms with Crippen LogP contribution in [0.15, 0.2) is 24.3 Å². The maximum absolute atomic E-state index is 14.0. The monoisotopic (exact) mass is 290 g/mol. The molecule has 2 nitrogen and oxygen atoms in total. The van der Waals surface area contributed by atoms with Gasteiger partial charge in [0.2, 0.25) is 0 Å². The third-order valence-corrected chi connectivity index (χ3v) is 5.40. The van der Waals surface area contributed by atoms with Gasteiger partial charge in [0.05, 0.1) is 0 Å². The van der Waals surface area contributed by atoms with Gasteiger partial charge in [-0.3, -0.25) is 4.90 Å². The number of nitrogens with zero attached hydrogens (tertiary/aromatic N) is 1. The fourth-order valence-corrected chi connectivity index (χ4v) is 4.29. The fraction of sp³-hybridized carbons (Fsp3) is 0.667. The Morgan fingerprint density at radius 2 is 1.95 bits per heavy atom. The second kappa shape index (κ2) is 6.89. The maximum Gasteiger partial charge on any atom is 0.128 e. The van der Waals surface area contributed by atoms with Crippen LogP contribution in [0.5, 0.6) is 0 Å². The van der Waals surface area contributed by atoms with Crippen LogP contribution < -0.4 is 5.32 Å². The number of likely N-dealkylation sites (N-methyl/N-ethyl adjacent to an activating group) is 1. The number of rotatable bonds is 5. The van der Waals surface area contributed by atoms with Gasteiger partial charge in [-0.1, -0.05) is 31.0 Å². The Kier molecular flexibility index (Phi) is 4.91. The van der Waals surface area contributed by atoms with Crippen molar-refractivity contribution in [2.24, 2.45) is 5.92 Å². The Morgan fingerprint density at radius 1 is 1.19 bits per heavy atom. The van der Waals surface area contributed by atoms with Gasteiger partial charge in [0, 0.05) is 24.2 Å². The van der Waals surface area contributed by atoms with E-state index in [1.807, 2.05) is 19.2 Å². The molecule has 0 amide bonds. The maximum atomic E-state index is 14.0. The molecule has 0 radical (unpaired) electrons. The normalized spacial score (nSPS) is 25.5. The van der Waals surface area contributed by atoms with Crippen molar-refractivity contribution in [2.45, 2.75) is 50.6 Å². The van der Waals surface area contributed by atoms with Crippen LogP contribution in [0.1, 0.15) is 50.1 Å². The van der Waals surface area contributed by atoms with Crippen LogP contribution >= 0.6 is 0 Å². The predicted molar refractivity (Wildman–Crippen MR) is 84.8 cm³/mol. The molecule has 2 fully saturated rings. The lowest BCUT2D eigenvalue weighted by Gasteiger charge is -2.32. The van der Waals surface area contributed by atoms with Crippen molar-refractivity contribution < 1.29 is 4.39 Å². The standard InChI is InChI=1S/C18H27FN2/c1-20-17(15-9-4-5-10-16(15)19)13-21-12-6-11-18(21)14-7-2-3-8-14/h4-5,9-10,14,17-18,20H,2-3,6-8,11-13H2,1H3. The zero-order valence-corrected chi connectivity index (χ0v) is 13.0. The molecule has 3 heteroatoms. The van der Waals surface area contributed by atoms with Gasteiger partial charge in [0.25, 0.3) is 0 Å². The zero-order chi connectivity index (χ0) is 14.7. The first-order valence-electron chi connectivity index (χ1n) is 8.45. The SMILES string of the molecule is CNC(CN1CCCC1C1CCCC1)c1ccccc1F. The summed E-state index contributed by atoms with van der Waals surface area (Å²) in [5, 5.41) is 3.32. The molecule has 0 bridgehead atoms. The largest absolute Gasteiger partial charge is 0.312 e. The van der Waals surface area contributed by atoms with Crippen molar-refractivity contribution in [2.75, 3.05) is 20.1 Å². The zero-order valence-electron chi connectivity index (χ0n) is 13.0. The molecular formula is C18H27FN2. The molecule has 1 N–H and O–H groups in total. The Bertz CT molecular complexity index is 456. The Morgan fingerprint density at radius 3 is 2.67 bits per heavy atom. The Labute approximate surface area is 127 Å². The van der Waals surface area contributed by atoms with Gasteiger partial charge in [-0.05, 0) is 51.3 Å². The highest BCUT2D eigenvalue weighted by atomic mass is 19.1. The van der Waals surface area contributed by atoms with E-state index in [9.17, 15) is 4.39 Å². The van der Waals surface area contributed by atoms with E-state index in [2.05, 4.69) is 10.2 Å². The number of halogens is 1. The van der Waals surface area contributed by atoms with Crippen molar-refractivity contribution in [3.05, 3.63) is 35.6 Å². The topological polar surface area (TPSA) is 15.3 Å². The van der Waals surface area contributed by atoms with Crippen LogP contribution in [0, 0.1) is 11.7 Å². The van der Waals surface area contributed by atoms with Crippen LogP contribution in [0.3, 0.4) is 0 Å². The van der Waals surface area contributed by atoms with Gasteiger partial charge >= 0.3 is 0 Å². The van der Waals surface area contributed by atoms with Gasteiger partial charge < -0.3 is 5.32 Å². The van der Waals surface area contributed by atoms with Gasteiger partial charge in [-0.25, -0.2) is 4.39 Å². The van der Waals surface area contributed by atoms with Crippen LogP contribution in [0.2, 0.25) is 0 Å². The molecule has 3 rings (SSSR count). The van der Waals surface area contributed by atoms with Crippen molar-refractivity contribution in [1.82, 2.24) is 10.2 Å². The summed E-state index contributed by atoms with van der Waals surface area (Å²) in [4.78, 5) is 2.61. The summed E-state index contributed by atoms with van der Waals surface area (Å²) in [5.74, 6) is 0.791. The first kappa shape index (κ1) is 15.0. The quantitative estimate of drug-likeness (QED) is 0.888. The highest BCUT2D eigenvalue weighted by molar-refractivity contribution is 5.21. The molecule has 1 aromatic carbocycles. The molecule has 2 unspecified atom stereocenters. The summed E-state index contributed by atoms with van der Waals surface area (Å²) in [6, 6.07) is 8.00. The molecule has 21 heavy (non-hydrogen) atoms. The summed E-state index contributed by atoms with van der Waals surface area (Å²) < 4.78 is 14.0. The van der Waals surface area contributed by atoms with E-state index in [0.29, 0.717) is 0 Å². The third-order valence-electron chi connectivity index (χ3n) is 5.40. The highest BCUT2D eigenvalue weighted by Crippen LogP contribution is 2.36. The molecule has 1 aromatic rings. The molecule has 1 saturated carbocycles. The molecule has 0 spiro atoms. The second-order valence-corrected chi connectivity index (χ2v) is 6.61. The van der Waals surface area contributed by atoms with E-state index >= 15 is 0 Å². The second-order valence-electron chi connectivity index (χ2n) is 6.61. The first-order chi connectivity index (χ1) is 10.3. The van der Waals surface area contributed by atoms with Gasteiger partial charge in [0.15, 0.2) is 0 Å². The molecule has 1 saturated heterocycles. The van der Waals surface area contributed by atoms with E-state index < -0.39 is 0 Å². The van der Waals surface area contributed by atoms with Crippen LogP contribution in [-0.2, 0) is 0 Å². The molecule has 1 aliphatic heterocycles. The molecular weight excluding hydrogens is 263 g/mol. The summed E-state index contributed by atoms with van der Waals surface area (Å²) in [5.41, 5.74) is 0.803. The molecule has 2 atom stereocenters. The lowest BCUT2D eigenvalue weighted by atomic mass is 9.95. The minimum atomic E-state index is -0.0894. The predicted octanol–water partition coefficient (Wildman–Crippen LogP) is 3.74. The van der Waals surface area contributed by atoms with Crippen molar-refractivity contribution in [3.8, 4) is 0 Å². The fourth-order valence-electron chi connectivity index (χ4n) is 4.29. The van der Waals surface area contributed by atoms with Crippen molar-refractivity contribution >= 4 is 0 Å². The summed E-state index contributed by atoms with van der Waals surface area (Å²) >= 11 is 0. The average Bonchev–Trinajstić information content (AvgIpc) is 3.16. The van der Waals surface area contributed by atoms with Gasteiger partial charge in [-0.15, -0.1) is 0 Å². The lowest BCUT2D eigenvalue weighted by Crippen LogP contribution is -2.40. The Hall–Kier alpha value is -0.930. The average molecular weight is 290 g/mol. The molecule has 1 heterocycles. The van der Waals surface area contributed by atoms with Crippen LogP contribution in [0.25, 0.3) is 0 Å². The summed E-state index contributed by atoms with van der Waals surface area (Å²) in [6.45, 7) is 2.10. The molecule has 1 aliphatic carbocycles. The van der Waals surface area contributed by atoms with Gasteiger partial charge in [0.1, 0.15) is 5.82 Å². The first-order valence-corrected chi connectivity index (χ1v) is 8.45. The van der Waals surface area contributed by atoms with Crippen LogP contribution in [-0.4, -0.2) is 31.1 Å². The Balaban J connectivity index is 1.69. The lowest BCUT2D eigenvalue weighted by molar-refractivity contribution is 0.174. The minimum absolute atomic E-state index is 0.0894.